The summed E-state index contributed by atoms with van der Waals surface area (Å²) in [4.78, 5) is 53.2. The number of aliphatic hydroxyl groups is 1. The molecule has 0 bridgehead atoms. The molecule has 2 aliphatic rings. The molecular weight excluding hydrogens is 1290 g/mol. The van der Waals surface area contributed by atoms with E-state index in [-0.39, 0.29) is 18.1 Å². The highest BCUT2D eigenvalue weighted by Gasteiger charge is 2.49. The zero-order valence-corrected chi connectivity index (χ0v) is 56.9. The van der Waals surface area contributed by atoms with Crippen molar-refractivity contribution in [2.45, 2.75) is 142 Å². The average molecular weight is 1370 g/mol. The Bertz CT molecular complexity index is 4370. The predicted molar refractivity (Wildman–Crippen MR) is 374 cm³/mol. The molecule has 0 radical (unpaired) electrons. The number of tetrazole rings is 2. The highest BCUT2D eigenvalue weighted by Crippen LogP contribution is 2.41. The number of rotatable bonds is 25. The van der Waals surface area contributed by atoms with Crippen LogP contribution in [-0.4, -0.2) is 129 Å². The van der Waals surface area contributed by atoms with Gasteiger partial charge in [0.25, 0.3) is 16.0 Å². The lowest BCUT2D eigenvalue weighted by Gasteiger charge is -2.23. The fourth-order valence-corrected chi connectivity index (χ4v) is 12.6. The molecule has 6 N–H and O–H groups in total. The molecule has 1 saturated carbocycles. The van der Waals surface area contributed by atoms with E-state index in [9.17, 15) is 33.0 Å². The number of aromatic carboxylic acids is 1. The van der Waals surface area contributed by atoms with Gasteiger partial charge >= 0.3 is 11.9 Å². The minimum atomic E-state index is -3.67. The standard InChI is InChI=1S/C25H28N6O.C23H24N2O4S.C22H23ClN6O.CH4O3S/c1-2-3-10-22-26-25(15-6-7-16-25)24(32)31(22)17-18-11-13-19(14-12-18)20-8-4-5-9-21(20)23-27-29-30-28-23;1-2-3-6-21-24-14-19(12-18(23(28)29)13-20-5-4-11-30-20)25(21)15-16-7-9-17(10-8-16)22(26)27;1-2-3-8-20-24-21(23)19(14-30)29(20)13-15-9-11-16(12-10-15)17-6-4-5-7-18(17)22-25-27-28-26-22;1-5(2,3)4/h4-5,8-9,11-14H,2-3,6-7,10,15-17H2,1H3,(H,27,28,29,30);4-5,7-12,14H,2-3,6,13,15H2,1H3,(H,26,27)(H,28,29);4-7,9-12,30H,2-3,8,13-14H2,1H3,(H,25,26,27,28);1H3,(H,2,3,4)/b;18-12+;;. The number of aromatic amines is 2. The van der Waals surface area contributed by atoms with E-state index in [4.69, 9.17) is 26.3 Å². The normalized spacial score (nSPS) is 13.4. The molecule has 1 fully saturated rings. The van der Waals surface area contributed by atoms with Gasteiger partial charge in [-0.1, -0.05) is 180 Å². The van der Waals surface area contributed by atoms with E-state index in [2.05, 4.69) is 133 Å². The highest BCUT2D eigenvalue weighted by molar-refractivity contribution is 7.85. The number of aliphatic imine (C=N–C) groups is 1. The van der Waals surface area contributed by atoms with Crippen molar-refractivity contribution in [2.75, 3.05) is 6.26 Å². The molecule has 97 heavy (non-hydrogen) atoms. The first-order valence-corrected chi connectivity index (χ1v) is 35.3. The van der Waals surface area contributed by atoms with Gasteiger partial charge in [0, 0.05) is 60.3 Å². The molecule has 1 aliphatic carbocycles. The van der Waals surface area contributed by atoms with Crippen LogP contribution in [0.15, 0.2) is 156 Å². The third-order valence-corrected chi connectivity index (χ3v) is 17.7. The molecule has 1 amide bonds. The number of amides is 1. The van der Waals surface area contributed by atoms with Gasteiger partial charge < -0.3 is 24.5 Å². The number of H-pyrrole nitrogens is 2. The number of hydrogen-bond acceptors (Lipinski definition) is 16. The van der Waals surface area contributed by atoms with Gasteiger partial charge in [0.1, 0.15) is 23.0 Å². The first-order valence-electron chi connectivity index (χ1n) is 32.2. The molecule has 0 saturated heterocycles. The van der Waals surface area contributed by atoms with Crippen LogP contribution < -0.4 is 0 Å². The van der Waals surface area contributed by atoms with E-state index in [1.54, 1.807) is 36.5 Å². The SMILES string of the molecule is CCCCC1=NC2(CCCC2)C(=O)N1Cc1ccc(-c2ccccc2-c2nnn[nH]2)cc1.CCCCc1nc(Cl)c(CO)n1Cc1ccc(-c2ccccc2-c2nnn[nH]2)cc1.CCCCc1ncc(/C=C(\Cc2cccs2)C(=O)O)n1Cc1ccc(C(=O)O)cc1.CS(=O)(=O)O. The Hall–Kier alpha value is -9.66. The van der Waals surface area contributed by atoms with Crippen LogP contribution in [0.3, 0.4) is 0 Å². The van der Waals surface area contributed by atoms with Crippen LogP contribution in [0.25, 0.3) is 51.1 Å². The summed E-state index contributed by atoms with van der Waals surface area (Å²) in [5.74, 6) is 2.36. The smallest absolute Gasteiger partial charge is 0.335 e. The van der Waals surface area contributed by atoms with Gasteiger partial charge in [-0.25, -0.2) is 29.8 Å². The van der Waals surface area contributed by atoms with Gasteiger partial charge in [-0.15, -0.1) is 21.5 Å². The van der Waals surface area contributed by atoms with Crippen molar-refractivity contribution in [1.82, 2.24) is 65.3 Å². The van der Waals surface area contributed by atoms with Crippen molar-refractivity contribution < 1.29 is 42.7 Å². The number of unbranched alkanes of at least 4 members (excludes halogenated alkanes) is 3. The Kier molecular flexibility index (Phi) is 25.4. The highest BCUT2D eigenvalue weighted by atomic mass is 35.5. The third-order valence-electron chi connectivity index (χ3n) is 16.6. The Balaban J connectivity index is 0.000000165. The van der Waals surface area contributed by atoms with E-state index < -0.39 is 27.6 Å². The van der Waals surface area contributed by atoms with Crippen LogP contribution in [0.5, 0.6) is 0 Å². The van der Waals surface area contributed by atoms with Crippen molar-refractivity contribution >= 4 is 62.8 Å². The number of carboxylic acid groups (broad SMARTS) is 2. The monoisotopic (exact) mass is 1370 g/mol. The summed E-state index contributed by atoms with van der Waals surface area (Å²) in [5, 5.41) is 59.4. The van der Waals surface area contributed by atoms with Crippen LogP contribution in [0.1, 0.15) is 146 Å². The molecule has 10 aromatic rings. The number of hydrogen-bond donors (Lipinski definition) is 6. The van der Waals surface area contributed by atoms with Crippen molar-refractivity contribution in [3.63, 3.8) is 0 Å². The molecule has 6 heterocycles. The van der Waals surface area contributed by atoms with E-state index >= 15 is 0 Å². The maximum atomic E-state index is 13.4. The molecule has 5 aromatic heterocycles. The van der Waals surface area contributed by atoms with Crippen molar-refractivity contribution in [2.24, 2.45) is 4.99 Å². The van der Waals surface area contributed by atoms with Gasteiger partial charge in [0.05, 0.1) is 42.6 Å². The third kappa shape index (κ3) is 19.3. The zero-order chi connectivity index (χ0) is 68.9. The quantitative estimate of drug-likeness (QED) is 0.0229. The number of halogens is 1. The maximum Gasteiger partial charge on any atom is 0.335 e. The Morgan fingerprint density at radius 2 is 1.18 bits per heavy atom. The molecule has 26 heteroatoms. The largest absolute Gasteiger partial charge is 0.478 e. The summed E-state index contributed by atoms with van der Waals surface area (Å²) in [6, 6.07) is 43.4. The maximum absolute atomic E-state index is 13.4. The second-order valence-electron chi connectivity index (χ2n) is 23.6. The summed E-state index contributed by atoms with van der Waals surface area (Å²) < 4.78 is 29.9. The summed E-state index contributed by atoms with van der Waals surface area (Å²) >= 11 is 7.79. The van der Waals surface area contributed by atoms with Gasteiger partial charge in [0.2, 0.25) is 0 Å². The molecule has 5 aromatic carbocycles. The summed E-state index contributed by atoms with van der Waals surface area (Å²) in [7, 11) is -3.67. The van der Waals surface area contributed by atoms with Crippen molar-refractivity contribution in [1.29, 1.82) is 0 Å². The lowest BCUT2D eigenvalue weighted by Crippen LogP contribution is -2.40. The number of imidazole rings is 2. The molecule has 0 unspecified atom stereocenters. The van der Waals surface area contributed by atoms with Crippen LogP contribution in [0.4, 0.5) is 0 Å². The van der Waals surface area contributed by atoms with Crippen LogP contribution in [-0.2, 0) is 65.2 Å². The topological polar surface area (TPSA) is 326 Å². The fourth-order valence-electron chi connectivity index (χ4n) is 11.6. The first-order chi connectivity index (χ1) is 46.9. The number of aromatic nitrogens is 12. The van der Waals surface area contributed by atoms with Gasteiger partial charge in [-0.2, -0.15) is 8.42 Å². The molecule has 1 spiro atoms. The number of carbonyl (C=O) groups is 3. The van der Waals surface area contributed by atoms with Gasteiger partial charge in [-0.05, 0) is 122 Å². The molecule has 0 atom stereocenters. The number of nitrogens with zero attached hydrogens (tertiary/aromatic N) is 12. The molecule has 23 nitrogen and oxygen atoms in total. The molecule has 506 valence electrons. The van der Waals surface area contributed by atoms with E-state index in [1.807, 2.05) is 67.9 Å². The number of nitrogens with one attached hydrogen (secondary N) is 2. The zero-order valence-electron chi connectivity index (χ0n) is 54.6. The number of thiophene rings is 1. The van der Waals surface area contributed by atoms with Gasteiger partial charge in [-0.3, -0.25) is 19.2 Å². The minimum absolute atomic E-state index is 0.130. The van der Waals surface area contributed by atoms with Crippen molar-refractivity contribution in [3.05, 3.63) is 206 Å². The average Bonchev–Trinajstić information content (AvgIpc) is 1.65. The van der Waals surface area contributed by atoms with Crippen LogP contribution >= 0.6 is 22.9 Å². The number of aryl methyl sites for hydroxylation is 2. The number of benzene rings is 5. The van der Waals surface area contributed by atoms with E-state index in [0.717, 1.165) is 162 Å². The second kappa shape index (κ2) is 34.3. The number of aliphatic carboxylic acids is 1. The lowest BCUT2D eigenvalue weighted by molar-refractivity contribution is -0.133. The number of amidine groups is 1. The molecular formula is C71H79ClN14O9S2. The van der Waals surface area contributed by atoms with Crippen LogP contribution in [0, 0.1) is 0 Å². The Morgan fingerprint density at radius 3 is 1.66 bits per heavy atom. The van der Waals surface area contributed by atoms with E-state index in [0.29, 0.717) is 60.4 Å². The molecule has 12 rings (SSSR count). The summed E-state index contributed by atoms with van der Waals surface area (Å²) in [6.45, 7) is 8.00. The number of carboxylic acids is 2. The summed E-state index contributed by atoms with van der Waals surface area (Å²) in [6.07, 6.45) is 17.3. The second-order valence-corrected chi connectivity index (χ2v) is 26.5. The number of carbonyl (C=O) groups excluding carboxylic acids is 1. The lowest BCUT2D eigenvalue weighted by atomic mass is 9.97. The Morgan fingerprint density at radius 1 is 0.670 bits per heavy atom. The van der Waals surface area contributed by atoms with Crippen molar-refractivity contribution in [3.8, 4) is 45.0 Å². The van der Waals surface area contributed by atoms with Crippen LogP contribution in [0.2, 0.25) is 5.15 Å². The number of aliphatic hydroxyl groups excluding tert-OH is 1. The van der Waals surface area contributed by atoms with E-state index in [1.165, 1.54) is 11.3 Å². The Labute approximate surface area is 572 Å². The van der Waals surface area contributed by atoms with Gasteiger partial charge in [0.15, 0.2) is 16.8 Å². The summed E-state index contributed by atoms with van der Waals surface area (Å²) in [5.41, 5.74) is 10.8. The fraction of sp³-hybridized carbons (Fsp3) is 0.324. The minimum Gasteiger partial charge on any atom is -0.478 e. The predicted octanol–water partition coefficient (Wildman–Crippen LogP) is 13.3. The first kappa shape index (κ1) is 71.6. The molecule has 1 aliphatic heterocycles.